The maximum Gasteiger partial charge on any atom is 0.431 e. The molecule has 0 aromatic heterocycles. The van der Waals surface area contributed by atoms with Crippen LogP contribution in [0.1, 0.15) is 0 Å². The minimum absolute atomic E-state index is 0.652. The lowest BCUT2D eigenvalue weighted by atomic mass is 10.7. The Morgan fingerprint density at radius 1 is 1.36 bits per heavy atom. The summed E-state index contributed by atoms with van der Waals surface area (Å²) in [6.07, 6.45) is -6.07. The fraction of sp³-hybridized carbons (Fsp3) is 0.600. The molecule has 0 aliphatic carbocycles. The van der Waals surface area contributed by atoms with Crippen LogP contribution in [0.15, 0.2) is 0 Å². The molecule has 0 atom stereocenters. The number of alkyl halides is 3. The van der Waals surface area contributed by atoms with Gasteiger partial charge in [0.15, 0.2) is 13.2 Å². The van der Waals surface area contributed by atoms with E-state index < -0.39 is 31.4 Å². The van der Waals surface area contributed by atoms with Crippen LogP contribution in [0.3, 0.4) is 0 Å². The highest BCUT2D eigenvalue weighted by molar-refractivity contribution is 5.75. The molecule has 6 nitrogen and oxygen atoms in total. The van der Waals surface area contributed by atoms with Gasteiger partial charge in [0.05, 0.1) is 0 Å². The van der Waals surface area contributed by atoms with E-state index in [1.54, 1.807) is 0 Å². The number of carbonyl (C=O) groups excluding carboxylic acids is 2. The van der Waals surface area contributed by atoms with E-state index in [1.807, 2.05) is 0 Å². The predicted molar refractivity (Wildman–Crippen MR) is 35.7 cm³/mol. The summed E-state index contributed by atoms with van der Waals surface area (Å²) in [5.74, 6) is -0.888. The van der Waals surface area contributed by atoms with Gasteiger partial charge in [0.1, 0.15) is 0 Å². The van der Waals surface area contributed by atoms with Crippen molar-refractivity contribution >= 4 is 12.0 Å². The van der Waals surface area contributed by atoms with Gasteiger partial charge in [0.25, 0.3) is 0 Å². The molecular weight excluding hydrogens is 209 g/mol. The Bertz CT molecular complexity index is 218. The van der Waals surface area contributed by atoms with E-state index in [-0.39, 0.29) is 0 Å². The molecule has 0 fully saturated rings. The van der Waals surface area contributed by atoms with E-state index in [1.165, 1.54) is 5.48 Å². The van der Waals surface area contributed by atoms with Gasteiger partial charge in [-0.2, -0.15) is 18.7 Å². The van der Waals surface area contributed by atoms with Crippen molar-refractivity contribution in [2.24, 2.45) is 5.73 Å². The highest BCUT2D eigenvalue weighted by Crippen LogP contribution is 2.14. The first-order valence-corrected chi connectivity index (χ1v) is 3.21. The Hall–Kier alpha value is -1.51. The Morgan fingerprint density at radius 3 is 2.36 bits per heavy atom. The molecule has 0 aliphatic rings. The number of rotatable bonds is 4. The zero-order valence-corrected chi connectivity index (χ0v) is 6.76. The molecule has 0 rings (SSSR count). The van der Waals surface area contributed by atoms with Crippen LogP contribution in [0.25, 0.3) is 0 Å². The van der Waals surface area contributed by atoms with Gasteiger partial charge in [0, 0.05) is 0 Å². The summed E-state index contributed by atoms with van der Waals surface area (Å²) in [4.78, 5) is 24.4. The standard InChI is InChI=1S/C5H7F3N2O4/c6-5(7,8)2-13-4(12)10-14-1-3(9)11/h1-2H2,(H2,9,11)(H,10,12). The zero-order chi connectivity index (χ0) is 11.2. The van der Waals surface area contributed by atoms with Gasteiger partial charge in [-0.15, -0.1) is 0 Å². The van der Waals surface area contributed by atoms with Crippen molar-refractivity contribution in [2.75, 3.05) is 13.2 Å². The number of hydroxylamine groups is 1. The van der Waals surface area contributed by atoms with Gasteiger partial charge in [-0.25, -0.2) is 4.79 Å². The maximum absolute atomic E-state index is 11.4. The lowest BCUT2D eigenvalue weighted by molar-refractivity contribution is -0.163. The molecule has 0 spiro atoms. The van der Waals surface area contributed by atoms with Crippen LogP contribution in [-0.4, -0.2) is 31.4 Å². The first-order valence-electron chi connectivity index (χ1n) is 3.21. The fourth-order valence-corrected chi connectivity index (χ4v) is 0.343. The van der Waals surface area contributed by atoms with Gasteiger partial charge in [-0.1, -0.05) is 0 Å². The topological polar surface area (TPSA) is 90.7 Å². The molecule has 0 aliphatic heterocycles. The summed E-state index contributed by atoms with van der Waals surface area (Å²) in [6.45, 7) is -2.39. The average Bonchev–Trinajstić information content (AvgIpc) is 1.99. The number of primary amides is 1. The van der Waals surface area contributed by atoms with Crippen LogP contribution in [0.5, 0.6) is 0 Å². The predicted octanol–water partition coefficient (Wildman–Crippen LogP) is -0.308. The Morgan fingerprint density at radius 2 is 1.93 bits per heavy atom. The summed E-state index contributed by atoms with van der Waals surface area (Å²) in [6, 6.07) is 0. The molecule has 3 N–H and O–H groups in total. The summed E-state index contributed by atoms with van der Waals surface area (Å²) in [5.41, 5.74) is 6.01. The van der Waals surface area contributed by atoms with E-state index in [0.29, 0.717) is 0 Å². The van der Waals surface area contributed by atoms with Gasteiger partial charge < -0.3 is 10.5 Å². The third kappa shape index (κ3) is 8.59. The van der Waals surface area contributed by atoms with Crippen molar-refractivity contribution in [2.45, 2.75) is 6.18 Å². The first-order chi connectivity index (χ1) is 6.31. The quantitative estimate of drug-likeness (QED) is 0.630. The highest BCUT2D eigenvalue weighted by Gasteiger charge is 2.29. The SMILES string of the molecule is NC(=O)CONC(=O)OCC(F)(F)F. The molecule has 14 heavy (non-hydrogen) atoms. The van der Waals surface area contributed by atoms with E-state index in [0.717, 1.165) is 0 Å². The summed E-state index contributed by atoms with van der Waals surface area (Å²) >= 11 is 0. The van der Waals surface area contributed by atoms with Crippen LogP contribution < -0.4 is 11.2 Å². The van der Waals surface area contributed by atoms with Crippen LogP contribution in [0.4, 0.5) is 18.0 Å². The smallest absolute Gasteiger partial charge is 0.431 e. The maximum atomic E-state index is 11.4. The van der Waals surface area contributed by atoms with E-state index in [4.69, 9.17) is 0 Å². The number of nitrogens with two attached hydrogens (primary N) is 1. The van der Waals surface area contributed by atoms with Crippen LogP contribution >= 0.6 is 0 Å². The molecular formula is C5H7F3N2O4. The number of amides is 2. The molecule has 82 valence electrons. The third-order valence-electron chi connectivity index (χ3n) is 0.737. The van der Waals surface area contributed by atoms with Gasteiger partial charge in [-0.05, 0) is 0 Å². The second kappa shape index (κ2) is 5.27. The van der Waals surface area contributed by atoms with E-state index >= 15 is 0 Å². The highest BCUT2D eigenvalue weighted by atomic mass is 19.4. The van der Waals surface area contributed by atoms with Crippen LogP contribution in [0, 0.1) is 0 Å². The molecule has 0 bridgehead atoms. The second-order valence-corrected chi connectivity index (χ2v) is 2.05. The van der Waals surface area contributed by atoms with Crippen molar-refractivity contribution in [3.63, 3.8) is 0 Å². The first kappa shape index (κ1) is 12.5. The number of nitrogens with one attached hydrogen (secondary N) is 1. The number of hydrogen-bond acceptors (Lipinski definition) is 4. The summed E-state index contributed by atoms with van der Waals surface area (Å²) in [7, 11) is 0. The molecule has 0 saturated heterocycles. The van der Waals surface area contributed by atoms with Crippen molar-refractivity contribution in [3.8, 4) is 0 Å². The Kier molecular flexibility index (Phi) is 4.70. The number of carbonyl (C=O) groups is 2. The number of ether oxygens (including phenoxy) is 1. The molecule has 0 aromatic carbocycles. The summed E-state index contributed by atoms with van der Waals surface area (Å²) < 4.78 is 38.0. The fourth-order valence-electron chi connectivity index (χ4n) is 0.343. The average molecular weight is 216 g/mol. The number of halogens is 3. The molecule has 0 unspecified atom stereocenters. The molecule has 0 radical (unpaired) electrons. The van der Waals surface area contributed by atoms with Gasteiger partial charge in [0.2, 0.25) is 5.91 Å². The molecule has 0 saturated carbocycles. The molecule has 0 heterocycles. The van der Waals surface area contributed by atoms with Crippen LogP contribution in [-0.2, 0) is 14.4 Å². The van der Waals surface area contributed by atoms with Gasteiger partial charge >= 0.3 is 12.3 Å². The Labute approximate surface area is 76.1 Å². The van der Waals surface area contributed by atoms with Crippen LogP contribution in [0.2, 0.25) is 0 Å². The van der Waals surface area contributed by atoms with E-state index in [9.17, 15) is 22.8 Å². The van der Waals surface area contributed by atoms with Crippen molar-refractivity contribution in [1.82, 2.24) is 5.48 Å². The van der Waals surface area contributed by atoms with E-state index in [2.05, 4.69) is 15.3 Å². The Balaban J connectivity index is 3.52. The van der Waals surface area contributed by atoms with Crippen molar-refractivity contribution in [1.29, 1.82) is 0 Å². The number of hydrogen-bond donors (Lipinski definition) is 2. The molecule has 9 heteroatoms. The van der Waals surface area contributed by atoms with Crippen molar-refractivity contribution < 1.29 is 32.3 Å². The molecule has 0 aromatic rings. The molecule has 2 amide bonds. The monoisotopic (exact) mass is 216 g/mol. The zero-order valence-electron chi connectivity index (χ0n) is 6.76. The lowest BCUT2D eigenvalue weighted by Crippen LogP contribution is -2.32. The van der Waals surface area contributed by atoms with Gasteiger partial charge in [-0.3, -0.25) is 9.63 Å². The van der Waals surface area contributed by atoms with Crippen molar-refractivity contribution in [3.05, 3.63) is 0 Å². The third-order valence-corrected chi connectivity index (χ3v) is 0.737. The second-order valence-electron chi connectivity index (χ2n) is 2.05. The normalized spacial score (nSPS) is 10.8. The summed E-state index contributed by atoms with van der Waals surface area (Å²) in [5, 5.41) is 0. The minimum Gasteiger partial charge on any atom is -0.438 e. The largest absolute Gasteiger partial charge is 0.438 e. The minimum atomic E-state index is -4.61. The lowest BCUT2D eigenvalue weighted by Gasteiger charge is -2.08.